The van der Waals surface area contributed by atoms with E-state index in [1.807, 2.05) is 6.92 Å². The highest BCUT2D eigenvalue weighted by Crippen LogP contribution is 2.22. The van der Waals surface area contributed by atoms with E-state index in [-0.39, 0.29) is 28.3 Å². The Kier molecular flexibility index (Phi) is 6.53. The molecule has 1 heterocycles. The summed E-state index contributed by atoms with van der Waals surface area (Å²) in [6.45, 7) is 3.12. The standard InChI is InChI=1S/C17H22N2O7S/c1-3-8-18(13-7-9-27(24,25)11-13)16(20)10-26-17(21)14-5-4-6-15(12(14)2)19(22)23/h4-6,13H,3,7-11H2,1-2H3/t13-/m1/s1. The quantitative estimate of drug-likeness (QED) is 0.387. The van der Waals surface area contributed by atoms with E-state index >= 15 is 0 Å². The van der Waals surface area contributed by atoms with Crippen molar-refractivity contribution in [3.05, 3.63) is 39.4 Å². The van der Waals surface area contributed by atoms with Crippen LogP contribution in [0.2, 0.25) is 0 Å². The van der Waals surface area contributed by atoms with Crippen molar-refractivity contribution < 1.29 is 27.7 Å². The molecule has 1 amide bonds. The summed E-state index contributed by atoms with van der Waals surface area (Å²) < 4.78 is 28.4. The van der Waals surface area contributed by atoms with Crippen LogP contribution in [0.3, 0.4) is 0 Å². The molecule has 2 rings (SSSR count). The zero-order chi connectivity index (χ0) is 20.2. The third-order valence-corrected chi connectivity index (χ3v) is 6.23. The number of esters is 1. The van der Waals surface area contributed by atoms with Gasteiger partial charge in [-0.1, -0.05) is 13.0 Å². The lowest BCUT2D eigenvalue weighted by molar-refractivity contribution is -0.385. The minimum absolute atomic E-state index is 0.0162. The van der Waals surface area contributed by atoms with Crippen molar-refractivity contribution in [1.82, 2.24) is 4.90 Å². The van der Waals surface area contributed by atoms with Crippen molar-refractivity contribution in [3.8, 4) is 0 Å². The highest BCUT2D eigenvalue weighted by molar-refractivity contribution is 7.91. The van der Waals surface area contributed by atoms with Crippen LogP contribution in [0.1, 0.15) is 35.7 Å². The van der Waals surface area contributed by atoms with E-state index in [1.165, 1.54) is 30.0 Å². The van der Waals surface area contributed by atoms with Gasteiger partial charge >= 0.3 is 5.97 Å². The van der Waals surface area contributed by atoms with Gasteiger partial charge in [0.25, 0.3) is 11.6 Å². The Morgan fingerprint density at radius 2 is 2.07 bits per heavy atom. The molecule has 0 N–H and O–H groups in total. The van der Waals surface area contributed by atoms with Gasteiger partial charge in [-0.15, -0.1) is 0 Å². The van der Waals surface area contributed by atoms with Crippen LogP contribution in [-0.2, 0) is 19.4 Å². The second kappa shape index (κ2) is 8.47. The summed E-state index contributed by atoms with van der Waals surface area (Å²) in [7, 11) is -3.15. The number of carbonyl (C=O) groups excluding carboxylic acids is 2. The van der Waals surface area contributed by atoms with Crippen LogP contribution in [0.15, 0.2) is 18.2 Å². The molecular weight excluding hydrogens is 376 g/mol. The van der Waals surface area contributed by atoms with Gasteiger partial charge in [-0.05, 0) is 25.8 Å². The summed E-state index contributed by atoms with van der Waals surface area (Å²) in [5, 5.41) is 11.0. The van der Waals surface area contributed by atoms with Crippen molar-refractivity contribution in [2.24, 2.45) is 0 Å². The highest BCUT2D eigenvalue weighted by Gasteiger charge is 2.34. The average molecular weight is 398 g/mol. The summed E-state index contributed by atoms with van der Waals surface area (Å²) in [5.41, 5.74) is -0.0331. The van der Waals surface area contributed by atoms with E-state index in [9.17, 15) is 28.1 Å². The molecule has 1 fully saturated rings. The molecule has 1 aliphatic rings. The van der Waals surface area contributed by atoms with Crippen molar-refractivity contribution in [2.75, 3.05) is 24.7 Å². The molecule has 0 radical (unpaired) electrons. The van der Waals surface area contributed by atoms with Crippen LogP contribution in [0.4, 0.5) is 5.69 Å². The van der Waals surface area contributed by atoms with E-state index in [2.05, 4.69) is 0 Å². The molecule has 1 atom stereocenters. The summed E-state index contributed by atoms with van der Waals surface area (Å²) in [5.74, 6) is -1.36. The largest absolute Gasteiger partial charge is 0.452 e. The summed E-state index contributed by atoms with van der Waals surface area (Å²) in [4.78, 5) is 36.5. The number of carbonyl (C=O) groups is 2. The molecule has 27 heavy (non-hydrogen) atoms. The van der Waals surface area contributed by atoms with Gasteiger partial charge in [0.05, 0.1) is 22.0 Å². The number of benzene rings is 1. The number of amides is 1. The molecule has 0 aliphatic carbocycles. The van der Waals surface area contributed by atoms with Gasteiger partial charge in [-0.3, -0.25) is 14.9 Å². The smallest absolute Gasteiger partial charge is 0.339 e. The van der Waals surface area contributed by atoms with Crippen LogP contribution in [-0.4, -0.2) is 60.8 Å². The maximum absolute atomic E-state index is 12.5. The lowest BCUT2D eigenvalue weighted by atomic mass is 10.1. The zero-order valence-corrected chi connectivity index (χ0v) is 16.0. The van der Waals surface area contributed by atoms with E-state index < -0.39 is 39.3 Å². The number of rotatable bonds is 7. The minimum atomic E-state index is -3.15. The van der Waals surface area contributed by atoms with E-state index in [0.717, 1.165) is 0 Å². The number of hydrogen-bond acceptors (Lipinski definition) is 7. The summed E-state index contributed by atoms with van der Waals surface area (Å²) in [6.07, 6.45) is 1.01. The molecule has 1 aromatic carbocycles. The van der Waals surface area contributed by atoms with E-state index in [4.69, 9.17) is 4.74 Å². The Hall–Kier alpha value is -2.49. The van der Waals surface area contributed by atoms with Gasteiger partial charge in [0, 0.05) is 24.2 Å². The molecule has 1 saturated heterocycles. The van der Waals surface area contributed by atoms with Gasteiger partial charge in [0.15, 0.2) is 16.4 Å². The zero-order valence-electron chi connectivity index (χ0n) is 15.2. The Labute approximate surface area is 157 Å². The van der Waals surface area contributed by atoms with Crippen LogP contribution in [0.25, 0.3) is 0 Å². The first-order valence-electron chi connectivity index (χ1n) is 8.57. The molecule has 0 unspecified atom stereocenters. The van der Waals surface area contributed by atoms with Gasteiger partial charge in [0.1, 0.15) is 0 Å². The summed E-state index contributed by atoms with van der Waals surface area (Å²) >= 11 is 0. The first-order valence-corrected chi connectivity index (χ1v) is 10.4. The second-order valence-electron chi connectivity index (χ2n) is 6.43. The first-order chi connectivity index (χ1) is 12.7. The number of nitro groups is 1. The van der Waals surface area contributed by atoms with Gasteiger partial charge in [-0.2, -0.15) is 0 Å². The van der Waals surface area contributed by atoms with E-state index in [0.29, 0.717) is 19.4 Å². The maximum atomic E-state index is 12.5. The molecule has 1 aromatic rings. The predicted molar refractivity (Wildman–Crippen MR) is 97.2 cm³/mol. The van der Waals surface area contributed by atoms with Crippen molar-refractivity contribution in [3.63, 3.8) is 0 Å². The fraction of sp³-hybridized carbons (Fsp3) is 0.529. The number of ether oxygens (including phenoxy) is 1. The van der Waals surface area contributed by atoms with Crippen molar-refractivity contribution in [2.45, 2.75) is 32.7 Å². The average Bonchev–Trinajstić information content (AvgIpc) is 2.96. The normalized spacial score (nSPS) is 18.1. The van der Waals surface area contributed by atoms with Crippen molar-refractivity contribution in [1.29, 1.82) is 0 Å². The number of hydrogen-bond donors (Lipinski definition) is 0. The van der Waals surface area contributed by atoms with Gasteiger partial charge in [-0.25, -0.2) is 13.2 Å². The van der Waals surface area contributed by atoms with Gasteiger partial charge in [0.2, 0.25) is 0 Å². The molecule has 0 bridgehead atoms. The fourth-order valence-electron chi connectivity index (χ4n) is 3.10. The van der Waals surface area contributed by atoms with Crippen LogP contribution >= 0.6 is 0 Å². The lowest BCUT2D eigenvalue weighted by Gasteiger charge is -2.27. The second-order valence-corrected chi connectivity index (χ2v) is 8.66. The minimum Gasteiger partial charge on any atom is -0.452 e. The topological polar surface area (TPSA) is 124 Å². The fourth-order valence-corrected chi connectivity index (χ4v) is 4.83. The first kappa shape index (κ1) is 20.8. The van der Waals surface area contributed by atoms with Crippen LogP contribution in [0.5, 0.6) is 0 Å². The molecule has 9 nitrogen and oxygen atoms in total. The van der Waals surface area contributed by atoms with Crippen LogP contribution < -0.4 is 0 Å². The Bertz CT molecular complexity index is 851. The number of sulfone groups is 1. The SMILES string of the molecule is CCCN(C(=O)COC(=O)c1cccc([N+](=O)[O-])c1C)[C@@H]1CCS(=O)(=O)C1. The maximum Gasteiger partial charge on any atom is 0.339 e. The van der Waals surface area contributed by atoms with Crippen molar-refractivity contribution >= 4 is 27.4 Å². The third-order valence-electron chi connectivity index (χ3n) is 4.48. The molecule has 0 aromatic heterocycles. The Morgan fingerprint density at radius 3 is 2.63 bits per heavy atom. The van der Waals surface area contributed by atoms with Gasteiger partial charge < -0.3 is 9.64 Å². The van der Waals surface area contributed by atoms with Crippen LogP contribution in [0, 0.1) is 17.0 Å². The summed E-state index contributed by atoms with van der Waals surface area (Å²) in [6, 6.07) is 3.63. The predicted octanol–water partition coefficient (Wildman–Crippen LogP) is 1.49. The number of nitrogens with zero attached hydrogens (tertiary/aromatic N) is 2. The van der Waals surface area contributed by atoms with E-state index in [1.54, 1.807) is 0 Å². The molecule has 1 aliphatic heterocycles. The number of nitro benzene ring substituents is 1. The third kappa shape index (κ3) is 5.03. The Balaban J connectivity index is 2.06. The monoisotopic (exact) mass is 398 g/mol. The Morgan fingerprint density at radius 1 is 1.37 bits per heavy atom. The molecule has 10 heteroatoms. The molecule has 148 valence electrons. The molecular formula is C17H22N2O7S. The molecule has 0 saturated carbocycles. The lowest BCUT2D eigenvalue weighted by Crippen LogP contribution is -2.43. The molecule has 0 spiro atoms. The highest BCUT2D eigenvalue weighted by atomic mass is 32.2.